The van der Waals surface area contributed by atoms with Gasteiger partial charge in [-0.15, -0.1) is 0 Å². The number of nitrogens with zero attached hydrogens (tertiary/aromatic N) is 1. The molecular weight excluding hydrogens is 113 g/mol. The number of carbonyl (C=O) groups is 1. The number of aromatic nitrogens is 1. The summed E-state index contributed by atoms with van der Waals surface area (Å²) in [5, 5.41) is 0. The third-order valence-electron chi connectivity index (χ3n) is 1.18. The van der Waals surface area contributed by atoms with Crippen LogP contribution < -0.4 is 0 Å². The topological polar surface area (TPSA) is 22.0 Å². The SMILES string of the molecule is Cc1ccn(BC=O)c1. The Balaban J connectivity index is 2.72. The molecule has 3 heteroatoms. The van der Waals surface area contributed by atoms with E-state index in [9.17, 15) is 4.79 Å². The van der Waals surface area contributed by atoms with Gasteiger partial charge in [-0.3, -0.25) is 0 Å². The van der Waals surface area contributed by atoms with Crippen LogP contribution in [0.25, 0.3) is 0 Å². The van der Waals surface area contributed by atoms with Crippen LogP contribution in [0.1, 0.15) is 5.56 Å². The largest absolute Gasteiger partial charge is 0.394 e. The lowest BCUT2D eigenvalue weighted by Crippen LogP contribution is -2.03. The van der Waals surface area contributed by atoms with Crippen molar-refractivity contribution in [2.45, 2.75) is 6.92 Å². The first-order valence-electron chi connectivity index (χ1n) is 2.89. The van der Waals surface area contributed by atoms with Gasteiger partial charge in [-0.2, -0.15) is 0 Å². The Labute approximate surface area is 54.8 Å². The maximum absolute atomic E-state index is 9.96. The Bertz CT molecular complexity index is 207. The zero-order valence-corrected chi connectivity index (χ0v) is 5.37. The summed E-state index contributed by atoms with van der Waals surface area (Å²) in [6.07, 6.45) is 4.72. The molecular formula is C6H8BNO. The van der Waals surface area contributed by atoms with Crippen LogP contribution in [-0.4, -0.2) is 18.1 Å². The Morgan fingerprint density at radius 3 is 3.00 bits per heavy atom. The molecule has 1 aromatic rings. The second-order valence-electron chi connectivity index (χ2n) is 2.05. The van der Waals surface area contributed by atoms with Crippen molar-refractivity contribution in [2.75, 3.05) is 0 Å². The normalized spacial score (nSPS) is 9.00. The summed E-state index contributed by atoms with van der Waals surface area (Å²) in [5.74, 6) is 0. The van der Waals surface area contributed by atoms with Crippen LogP contribution in [0.2, 0.25) is 0 Å². The minimum atomic E-state index is 0.466. The smallest absolute Gasteiger partial charge is 0.314 e. The molecule has 0 spiro atoms. The molecule has 0 amide bonds. The van der Waals surface area contributed by atoms with Crippen LogP contribution in [-0.2, 0) is 4.79 Å². The average Bonchev–Trinajstić information content (AvgIpc) is 2.17. The molecule has 0 radical (unpaired) electrons. The van der Waals surface area contributed by atoms with Gasteiger partial charge in [-0.1, -0.05) is 0 Å². The van der Waals surface area contributed by atoms with E-state index in [1.807, 2.05) is 29.9 Å². The van der Waals surface area contributed by atoms with Gasteiger partial charge in [0.1, 0.15) is 6.19 Å². The van der Waals surface area contributed by atoms with E-state index in [0.29, 0.717) is 7.41 Å². The lowest BCUT2D eigenvalue weighted by Gasteiger charge is -1.87. The third-order valence-corrected chi connectivity index (χ3v) is 1.18. The number of aryl methyl sites for hydroxylation is 1. The lowest BCUT2D eigenvalue weighted by atomic mass is 9.99. The van der Waals surface area contributed by atoms with Crippen molar-refractivity contribution >= 4 is 13.6 Å². The van der Waals surface area contributed by atoms with E-state index in [1.54, 1.807) is 0 Å². The van der Waals surface area contributed by atoms with E-state index in [0.717, 1.165) is 6.19 Å². The van der Waals surface area contributed by atoms with Crippen molar-refractivity contribution in [3.63, 3.8) is 0 Å². The summed E-state index contributed by atoms with van der Waals surface area (Å²) in [4.78, 5) is 9.96. The monoisotopic (exact) mass is 121 g/mol. The maximum Gasteiger partial charge on any atom is 0.314 e. The van der Waals surface area contributed by atoms with Crippen molar-refractivity contribution in [3.05, 3.63) is 24.0 Å². The first kappa shape index (κ1) is 6.14. The first-order chi connectivity index (χ1) is 4.33. The van der Waals surface area contributed by atoms with Gasteiger partial charge in [-0.25, -0.2) is 0 Å². The molecule has 1 aromatic heterocycles. The Hall–Kier alpha value is -0.985. The summed E-state index contributed by atoms with van der Waals surface area (Å²) in [7, 11) is 0.466. The number of hydrogen-bond donors (Lipinski definition) is 0. The molecule has 0 N–H and O–H groups in total. The van der Waals surface area contributed by atoms with Gasteiger partial charge in [0.05, 0.1) is 0 Å². The molecule has 0 saturated carbocycles. The molecule has 0 aliphatic carbocycles. The third kappa shape index (κ3) is 1.45. The van der Waals surface area contributed by atoms with Gasteiger partial charge in [0.25, 0.3) is 0 Å². The summed E-state index contributed by atoms with van der Waals surface area (Å²) < 4.78 is 1.85. The van der Waals surface area contributed by atoms with Gasteiger partial charge in [0.2, 0.25) is 0 Å². The lowest BCUT2D eigenvalue weighted by molar-refractivity contribution is 0.568. The fourth-order valence-corrected chi connectivity index (χ4v) is 0.761. The summed E-state index contributed by atoms with van der Waals surface area (Å²) in [5.41, 5.74) is 1.19. The molecule has 1 heterocycles. The summed E-state index contributed by atoms with van der Waals surface area (Å²) in [6.45, 7) is 2.00. The number of carbonyl (C=O) groups excluding carboxylic acids is 1. The Morgan fingerprint density at radius 2 is 2.56 bits per heavy atom. The highest BCUT2D eigenvalue weighted by atomic mass is 16.1. The average molecular weight is 121 g/mol. The molecule has 0 bridgehead atoms. The molecule has 0 aliphatic heterocycles. The highest BCUT2D eigenvalue weighted by Gasteiger charge is 1.90. The number of hydrogen-bond acceptors (Lipinski definition) is 1. The molecule has 2 nitrogen and oxygen atoms in total. The van der Waals surface area contributed by atoms with Crippen molar-refractivity contribution in [3.8, 4) is 0 Å². The van der Waals surface area contributed by atoms with Crippen LogP contribution in [0, 0.1) is 6.92 Å². The Kier molecular flexibility index (Phi) is 1.73. The van der Waals surface area contributed by atoms with Crippen molar-refractivity contribution in [2.24, 2.45) is 0 Å². The molecule has 46 valence electrons. The molecule has 0 aromatic carbocycles. The van der Waals surface area contributed by atoms with Gasteiger partial charge >= 0.3 is 7.41 Å². The predicted molar refractivity (Wildman–Crippen MR) is 38.5 cm³/mol. The molecule has 9 heavy (non-hydrogen) atoms. The Morgan fingerprint density at radius 1 is 1.78 bits per heavy atom. The predicted octanol–water partition coefficient (Wildman–Crippen LogP) is 0.186. The first-order valence-corrected chi connectivity index (χ1v) is 2.89. The summed E-state index contributed by atoms with van der Waals surface area (Å²) in [6, 6.07) is 1.98. The van der Waals surface area contributed by atoms with Crippen LogP contribution >= 0.6 is 0 Å². The van der Waals surface area contributed by atoms with Crippen molar-refractivity contribution in [1.29, 1.82) is 0 Å². The van der Waals surface area contributed by atoms with E-state index in [1.165, 1.54) is 5.56 Å². The maximum atomic E-state index is 9.96. The fourth-order valence-electron chi connectivity index (χ4n) is 0.761. The summed E-state index contributed by atoms with van der Waals surface area (Å²) >= 11 is 0. The quantitative estimate of drug-likeness (QED) is 0.404. The van der Waals surface area contributed by atoms with Crippen molar-refractivity contribution < 1.29 is 4.79 Å². The van der Waals surface area contributed by atoms with E-state index in [4.69, 9.17) is 0 Å². The van der Waals surface area contributed by atoms with Crippen LogP contribution in [0.15, 0.2) is 18.5 Å². The highest BCUT2D eigenvalue weighted by Crippen LogP contribution is 1.94. The van der Waals surface area contributed by atoms with Crippen LogP contribution in [0.4, 0.5) is 0 Å². The van der Waals surface area contributed by atoms with Gasteiger partial charge in [0, 0.05) is 0 Å². The molecule has 1 rings (SSSR count). The van der Waals surface area contributed by atoms with E-state index < -0.39 is 0 Å². The molecule has 0 aliphatic rings. The van der Waals surface area contributed by atoms with E-state index in [-0.39, 0.29) is 0 Å². The second-order valence-corrected chi connectivity index (χ2v) is 2.05. The van der Waals surface area contributed by atoms with Gasteiger partial charge in [0.15, 0.2) is 0 Å². The van der Waals surface area contributed by atoms with Gasteiger partial charge in [-0.05, 0) is 30.9 Å². The second kappa shape index (κ2) is 2.53. The minimum Gasteiger partial charge on any atom is -0.394 e. The zero-order valence-electron chi connectivity index (χ0n) is 5.37. The van der Waals surface area contributed by atoms with Crippen molar-refractivity contribution in [1.82, 2.24) is 4.48 Å². The van der Waals surface area contributed by atoms with Crippen LogP contribution in [0.3, 0.4) is 0 Å². The number of rotatable bonds is 2. The van der Waals surface area contributed by atoms with Gasteiger partial charge < -0.3 is 9.27 Å². The standard InChI is InChI=1S/C6H8BNO/c1-6-2-3-8(4-6)7-5-9/h2-5,7H,1H3. The minimum absolute atomic E-state index is 0.466. The molecule has 0 saturated heterocycles. The highest BCUT2D eigenvalue weighted by molar-refractivity contribution is 6.65. The zero-order chi connectivity index (χ0) is 6.69. The van der Waals surface area contributed by atoms with Crippen LogP contribution in [0.5, 0.6) is 0 Å². The van der Waals surface area contributed by atoms with E-state index >= 15 is 0 Å². The fraction of sp³-hybridized carbons (Fsp3) is 0.167. The van der Waals surface area contributed by atoms with E-state index in [2.05, 4.69) is 0 Å². The molecule has 0 atom stereocenters. The molecule has 0 unspecified atom stereocenters. The molecule has 0 fully saturated rings.